The molecule has 0 aliphatic rings. The minimum Gasteiger partial charge on any atom is -0.462 e. The van der Waals surface area contributed by atoms with E-state index >= 15 is 0 Å². The van der Waals surface area contributed by atoms with Crippen molar-refractivity contribution < 1.29 is 53.4 Å². The first-order chi connectivity index (χ1) is 14.7. The van der Waals surface area contributed by atoms with E-state index in [0.717, 1.165) is 0 Å². The van der Waals surface area contributed by atoms with Crippen LogP contribution in [0.3, 0.4) is 0 Å². The highest BCUT2D eigenvalue weighted by Crippen LogP contribution is 2.42. The average Bonchev–Trinajstić information content (AvgIpc) is 2.64. The van der Waals surface area contributed by atoms with Crippen molar-refractivity contribution >= 4 is 33.1 Å². The van der Waals surface area contributed by atoms with Gasteiger partial charge < -0.3 is 14.2 Å². The average molecular weight is 488 g/mol. The van der Waals surface area contributed by atoms with Gasteiger partial charge in [0.15, 0.2) is 11.6 Å². The molecule has 0 unspecified atom stereocenters. The summed E-state index contributed by atoms with van der Waals surface area (Å²) >= 11 is 0. The molecule has 174 valence electrons. The smallest absolute Gasteiger partial charge is 0.462 e. The molecule has 0 aliphatic heterocycles. The number of anilines is 2. The van der Waals surface area contributed by atoms with Crippen molar-refractivity contribution in [3.05, 3.63) is 57.4 Å². The zero-order chi connectivity index (χ0) is 24.4. The Balaban J connectivity index is 2.78. The SMILES string of the molecule is CCOC(=O)c1ccc(Nc2cc(F)cc(F)c2F)c([N+](=O)[O-])c1OS(=O)(=O)C(F)(F)F. The van der Waals surface area contributed by atoms with E-state index in [-0.39, 0.29) is 12.7 Å². The van der Waals surface area contributed by atoms with Gasteiger partial charge in [-0.1, -0.05) is 0 Å². The Morgan fingerprint density at radius 1 is 1.16 bits per heavy atom. The molecule has 2 aromatic rings. The van der Waals surface area contributed by atoms with E-state index in [2.05, 4.69) is 8.92 Å². The van der Waals surface area contributed by atoms with Gasteiger partial charge in [-0.15, -0.1) is 0 Å². The van der Waals surface area contributed by atoms with Gasteiger partial charge in [-0.25, -0.2) is 18.0 Å². The van der Waals surface area contributed by atoms with Crippen molar-refractivity contribution in [1.29, 1.82) is 0 Å². The third-order valence-electron chi connectivity index (χ3n) is 3.55. The molecule has 0 saturated carbocycles. The number of hydrogen-bond donors (Lipinski definition) is 1. The first-order valence-corrected chi connectivity index (χ1v) is 9.51. The van der Waals surface area contributed by atoms with Gasteiger partial charge in [0.05, 0.1) is 17.2 Å². The molecule has 0 saturated heterocycles. The third-order valence-corrected chi connectivity index (χ3v) is 4.50. The monoisotopic (exact) mass is 488 g/mol. The van der Waals surface area contributed by atoms with Gasteiger partial charge in [0, 0.05) is 12.1 Å². The highest BCUT2D eigenvalue weighted by molar-refractivity contribution is 7.88. The Kier molecular flexibility index (Phi) is 6.87. The number of nitro groups is 1. The Bertz CT molecular complexity index is 1180. The Morgan fingerprint density at radius 2 is 1.78 bits per heavy atom. The lowest BCUT2D eigenvalue weighted by atomic mass is 10.1. The summed E-state index contributed by atoms with van der Waals surface area (Å²) < 4.78 is 110. The summed E-state index contributed by atoms with van der Waals surface area (Å²) in [5.41, 5.74) is -10.7. The minimum atomic E-state index is -6.52. The van der Waals surface area contributed by atoms with E-state index in [1.54, 1.807) is 0 Å². The highest BCUT2D eigenvalue weighted by atomic mass is 32.2. The number of carbonyl (C=O) groups excluding carboxylic acids is 1. The molecule has 1 N–H and O–H groups in total. The number of hydrogen-bond acceptors (Lipinski definition) is 8. The molecule has 0 radical (unpaired) electrons. The molecule has 0 fully saturated rings. The number of alkyl halides is 3. The van der Waals surface area contributed by atoms with Crippen molar-refractivity contribution in [2.24, 2.45) is 0 Å². The molecule has 0 bridgehead atoms. The number of esters is 1. The van der Waals surface area contributed by atoms with Crippen LogP contribution in [-0.4, -0.2) is 31.4 Å². The van der Waals surface area contributed by atoms with Crippen LogP contribution in [0.25, 0.3) is 0 Å². The van der Waals surface area contributed by atoms with E-state index in [9.17, 15) is 49.7 Å². The Labute approximate surface area is 174 Å². The van der Waals surface area contributed by atoms with Crippen molar-refractivity contribution in [1.82, 2.24) is 0 Å². The minimum absolute atomic E-state index is 0.142. The fourth-order valence-electron chi connectivity index (χ4n) is 2.26. The van der Waals surface area contributed by atoms with Crippen LogP contribution in [0.15, 0.2) is 24.3 Å². The zero-order valence-electron chi connectivity index (χ0n) is 15.5. The molecule has 32 heavy (non-hydrogen) atoms. The maximum absolute atomic E-state index is 13.9. The lowest BCUT2D eigenvalue weighted by molar-refractivity contribution is -0.384. The van der Waals surface area contributed by atoms with Gasteiger partial charge >= 0.3 is 27.3 Å². The maximum atomic E-state index is 13.9. The van der Waals surface area contributed by atoms with Crippen LogP contribution in [0.5, 0.6) is 5.75 Å². The first kappa shape index (κ1) is 24.7. The largest absolute Gasteiger partial charge is 0.534 e. The van der Waals surface area contributed by atoms with Crippen LogP contribution in [0.4, 0.5) is 43.4 Å². The van der Waals surface area contributed by atoms with Crippen molar-refractivity contribution in [3.8, 4) is 5.75 Å². The van der Waals surface area contributed by atoms with Crippen LogP contribution in [0, 0.1) is 27.6 Å². The topological polar surface area (TPSA) is 125 Å². The van der Waals surface area contributed by atoms with Gasteiger partial charge in [0.1, 0.15) is 17.1 Å². The summed E-state index contributed by atoms with van der Waals surface area (Å²) in [7, 11) is -6.52. The number of rotatable bonds is 7. The lowest BCUT2D eigenvalue weighted by Crippen LogP contribution is -2.29. The van der Waals surface area contributed by atoms with Gasteiger partial charge in [-0.3, -0.25) is 10.1 Å². The lowest BCUT2D eigenvalue weighted by Gasteiger charge is -2.15. The van der Waals surface area contributed by atoms with Crippen LogP contribution in [0.1, 0.15) is 17.3 Å². The molecule has 2 aromatic carbocycles. The van der Waals surface area contributed by atoms with Crippen molar-refractivity contribution in [3.63, 3.8) is 0 Å². The van der Waals surface area contributed by atoms with E-state index in [0.29, 0.717) is 18.2 Å². The second-order valence-corrected chi connectivity index (χ2v) is 7.21. The van der Waals surface area contributed by atoms with Gasteiger partial charge in [-0.05, 0) is 19.1 Å². The molecule has 0 aliphatic carbocycles. The normalized spacial score (nSPS) is 11.7. The Morgan fingerprint density at radius 3 is 2.31 bits per heavy atom. The number of halogens is 6. The molecule has 0 spiro atoms. The summed E-state index contributed by atoms with van der Waals surface area (Å²) in [6.07, 6.45) is 0. The number of nitro benzene ring substituents is 1. The number of carbonyl (C=O) groups is 1. The van der Waals surface area contributed by atoms with Gasteiger partial charge in [0.2, 0.25) is 5.75 Å². The predicted molar refractivity (Wildman–Crippen MR) is 94.3 cm³/mol. The highest BCUT2D eigenvalue weighted by Gasteiger charge is 2.50. The number of benzene rings is 2. The summed E-state index contributed by atoms with van der Waals surface area (Å²) in [5.74, 6) is -7.96. The van der Waals surface area contributed by atoms with Crippen LogP contribution in [-0.2, 0) is 14.9 Å². The fraction of sp³-hybridized carbons (Fsp3) is 0.188. The quantitative estimate of drug-likeness (QED) is 0.117. The van der Waals surface area contributed by atoms with Crippen LogP contribution < -0.4 is 9.50 Å². The Hall–Kier alpha value is -3.56. The summed E-state index contributed by atoms with van der Waals surface area (Å²) in [6.45, 7) is 0.919. The molecule has 0 atom stereocenters. The number of nitrogens with zero attached hydrogens (tertiary/aromatic N) is 1. The second-order valence-electron chi connectivity index (χ2n) is 5.67. The molecular weight excluding hydrogens is 478 g/mol. The third kappa shape index (κ3) is 5.01. The summed E-state index contributed by atoms with van der Waals surface area (Å²) in [5, 5.41) is 13.4. The van der Waals surface area contributed by atoms with E-state index < -0.39 is 72.3 Å². The van der Waals surface area contributed by atoms with Gasteiger partial charge in [-0.2, -0.15) is 21.6 Å². The summed E-state index contributed by atoms with van der Waals surface area (Å²) in [6, 6.07) is 1.71. The summed E-state index contributed by atoms with van der Waals surface area (Å²) in [4.78, 5) is 22.1. The molecular formula is C16H10F6N2O7S. The number of ether oxygens (including phenoxy) is 1. The van der Waals surface area contributed by atoms with Crippen LogP contribution >= 0.6 is 0 Å². The second kappa shape index (κ2) is 8.89. The zero-order valence-corrected chi connectivity index (χ0v) is 16.3. The molecule has 0 heterocycles. The van der Waals surface area contributed by atoms with Crippen LogP contribution in [0.2, 0.25) is 0 Å². The molecule has 0 amide bonds. The molecule has 16 heteroatoms. The number of nitrogens with one attached hydrogen (secondary N) is 1. The van der Waals surface area contributed by atoms with E-state index in [1.807, 2.05) is 5.32 Å². The van der Waals surface area contributed by atoms with E-state index in [4.69, 9.17) is 0 Å². The van der Waals surface area contributed by atoms with Gasteiger partial charge in [0.25, 0.3) is 0 Å². The maximum Gasteiger partial charge on any atom is 0.534 e. The van der Waals surface area contributed by atoms with E-state index in [1.165, 1.54) is 6.92 Å². The van der Waals surface area contributed by atoms with Crippen molar-refractivity contribution in [2.45, 2.75) is 12.4 Å². The standard InChI is InChI=1S/C16H10F6N2O7S/c1-2-30-15(25)8-3-4-10(23-11-6-7(17)5-9(18)12(11)19)13(24(26)27)14(8)31-32(28,29)16(20,21)22/h3-6,23H,2H2,1H3. The first-order valence-electron chi connectivity index (χ1n) is 8.10. The van der Waals surface area contributed by atoms with Crippen molar-refractivity contribution in [2.75, 3.05) is 11.9 Å². The fourth-order valence-corrected chi connectivity index (χ4v) is 2.74. The molecule has 9 nitrogen and oxygen atoms in total. The molecule has 2 rings (SSSR count). The predicted octanol–water partition coefficient (Wildman–Crippen LogP) is 4.16. The molecule has 0 aromatic heterocycles.